The van der Waals surface area contributed by atoms with Gasteiger partial charge < -0.3 is 0 Å². The topological polar surface area (TPSA) is 30.0 Å². The monoisotopic (exact) mass is 269 g/mol. The van der Waals surface area contributed by atoms with Crippen molar-refractivity contribution in [3.05, 3.63) is 42.1 Å². The van der Waals surface area contributed by atoms with Gasteiger partial charge in [0.05, 0.1) is 5.52 Å². The molecule has 2 aromatic rings. The predicted molar refractivity (Wildman–Crippen MR) is 84.1 cm³/mol. The van der Waals surface area contributed by atoms with Crippen LogP contribution in [0.25, 0.3) is 10.9 Å². The number of carbonyl (C=O) groups excluding carboxylic acids is 1. The largest absolute Gasteiger partial charge is 0.294 e. The molecule has 0 fully saturated rings. The molecule has 2 rings (SSSR count). The summed E-state index contributed by atoms with van der Waals surface area (Å²) in [5, 5.41) is 0.978. The number of hydrogen-bond donors (Lipinski definition) is 0. The lowest BCUT2D eigenvalue weighted by Gasteiger charge is -2.05. The summed E-state index contributed by atoms with van der Waals surface area (Å²) in [7, 11) is 0. The van der Waals surface area contributed by atoms with Crippen LogP contribution in [0.2, 0.25) is 0 Å². The van der Waals surface area contributed by atoms with Gasteiger partial charge in [-0.3, -0.25) is 9.78 Å². The van der Waals surface area contributed by atoms with Crippen LogP contribution in [0.15, 0.2) is 36.5 Å². The van der Waals surface area contributed by atoms with Gasteiger partial charge in [-0.05, 0) is 18.6 Å². The number of nitrogens with zero attached hydrogens (tertiary/aromatic N) is 1. The molecule has 0 saturated carbocycles. The Bertz CT molecular complexity index is 557. The lowest BCUT2D eigenvalue weighted by Crippen LogP contribution is -2.00. The second kappa shape index (κ2) is 7.78. The van der Waals surface area contributed by atoms with Crippen molar-refractivity contribution in [2.24, 2.45) is 0 Å². The van der Waals surface area contributed by atoms with Crippen LogP contribution in [0.1, 0.15) is 62.2 Å². The van der Waals surface area contributed by atoms with E-state index in [2.05, 4.69) is 11.9 Å². The molecule has 0 spiro atoms. The van der Waals surface area contributed by atoms with Crippen molar-refractivity contribution in [1.29, 1.82) is 0 Å². The Morgan fingerprint density at radius 2 is 1.75 bits per heavy atom. The Morgan fingerprint density at radius 3 is 2.60 bits per heavy atom. The number of rotatable bonds is 8. The number of aromatic nitrogens is 1. The molecule has 0 atom stereocenters. The molecule has 0 N–H and O–H groups in total. The van der Waals surface area contributed by atoms with Crippen LogP contribution in [0.5, 0.6) is 0 Å². The first kappa shape index (κ1) is 14.7. The van der Waals surface area contributed by atoms with Gasteiger partial charge in [-0.15, -0.1) is 0 Å². The third-order valence-corrected chi connectivity index (χ3v) is 3.71. The van der Waals surface area contributed by atoms with Crippen molar-refractivity contribution in [1.82, 2.24) is 4.98 Å². The van der Waals surface area contributed by atoms with Gasteiger partial charge in [0.1, 0.15) is 0 Å². The molecule has 0 amide bonds. The lowest BCUT2D eigenvalue weighted by atomic mass is 10.0. The van der Waals surface area contributed by atoms with Crippen LogP contribution < -0.4 is 0 Å². The average molecular weight is 269 g/mol. The SMILES string of the molecule is CCCCCCCCC(=O)c1ccnc2ccccc12. The normalized spacial score (nSPS) is 10.8. The number of ketones is 1. The highest BCUT2D eigenvalue weighted by Crippen LogP contribution is 2.19. The number of carbonyl (C=O) groups is 1. The van der Waals surface area contributed by atoms with Crippen molar-refractivity contribution in [3.63, 3.8) is 0 Å². The summed E-state index contributed by atoms with van der Waals surface area (Å²) in [5.74, 6) is 0.249. The van der Waals surface area contributed by atoms with Crippen LogP contribution >= 0.6 is 0 Å². The van der Waals surface area contributed by atoms with E-state index in [1.54, 1.807) is 6.20 Å². The second-order valence-corrected chi connectivity index (χ2v) is 5.32. The molecule has 1 heterocycles. The number of para-hydroxylation sites is 1. The Balaban J connectivity index is 1.91. The Labute approximate surface area is 121 Å². The molecule has 2 heteroatoms. The van der Waals surface area contributed by atoms with Gasteiger partial charge in [0.15, 0.2) is 5.78 Å². The van der Waals surface area contributed by atoms with E-state index in [1.165, 1.54) is 25.7 Å². The van der Waals surface area contributed by atoms with Gasteiger partial charge in [0, 0.05) is 23.6 Å². The molecule has 2 nitrogen and oxygen atoms in total. The summed E-state index contributed by atoms with van der Waals surface area (Å²) in [6, 6.07) is 9.71. The molecule has 0 aliphatic heterocycles. The molecule has 1 aromatic heterocycles. The summed E-state index contributed by atoms with van der Waals surface area (Å²) in [6.45, 7) is 2.22. The molecule has 20 heavy (non-hydrogen) atoms. The molecule has 106 valence electrons. The molecular formula is C18H23NO. The average Bonchev–Trinajstić information content (AvgIpc) is 2.50. The zero-order valence-corrected chi connectivity index (χ0v) is 12.3. The highest BCUT2D eigenvalue weighted by molar-refractivity contribution is 6.07. The van der Waals surface area contributed by atoms with E-state index in [0.29, 0.717) is 6.42 Å². The maximum atomic E-state index is 12.3. The number of pyridine rings is 1. The minimum atomic E-state index is 0.249. The summed E-state index contributed by atoms with van der Waals surface area (Å²) < 4.78 is 0. The van der Waals surface area contributed by atoms with E-state index < -0.39 is 0 Å². The van der Waals surface area contributed by atoms with Crippen LogP contribution in [-0.4, -0.2) is 10.8 Å². The number of hydrogen-bond acceptors (Lipinski definition) is 2. The van der Waals surface area contributed by atoms with E-state index in [-0.39, 0.29) is 5.78 Å². The third-order valence-electron chi connectivity index (χ3n) is 3.71. The molecular weight excluding hydrogens is 246 g/mol. The first-order valence-electron chi connectivity index (χ1n) is 7.70. The summed E-state index contributed by atoms with van der Waals surface area (Å²) >= 11 is 0. The Morgan fingerprint density at radius 1 is 1.00 bits per heavy atom. The highest BCUT2D eigenvalue weighted by atomic mass is 16.1. The van der Waals surface area contributed by atoms with Crippen LogP contribution in [-0.2, 0) is 0 Å². The zero-order chi connectivity index (χ0) is 14.2. The van der Waals surface area contributed by atoms with Gasteiger partial charge >= 0.3 is 0 Å². The number of Topliss-reactive ketones (excluding diaryl/α,β-unsaturated/α-hetero) is 1. The fourth-order valence-electron chi connectivity index (χ4n) is 2.54. The van der Waals surface area contributed by atoms with E-state index >= 15 is 0 Å². The number of unbranched alkanes of at least 4 members (excludes halogenated alkanes) is 5. The van der Waals surface area contributed by atoms with Gasteiger partial charge in [0.25, 0.3) is 0 Å². The first-order valence-corrected chi connectivity index (χ1v) is 7.70. The number of fused-ring (bicyclic) bond motifs is 1. The smallest absolute Gasteiger partial charge is 0.163 e. The van der Waals surface area contributed by atoms with E-state index in [1.807, 2.05) is 30.3 Å². The van der Waals surface area contributed by atoms with Gasteiger partial charge in [0.2, 0.25) is 0 Å². The molecule has 0 radical (unpaired) electrons. The van der Waals surface area contributed by atoms with Crippen molar-refractivity contribution in [3.8, 4) is 0 Å². The molecule has 0 unspecified atom stereocenters. The molecule has 1 aromatic carbocycles. The van der Waals surface area contributed by atoms with Crippen molar-refractivity contribution >= 4 is 16.7 Å². The quantitative estimate of drug-likeness (QED) is 0.489. The third kappa shape index (κ3) is 3.89. The van der Waals surface area contributed by atoms with E-state index in [9.17, 15) is 4.79 Å². The Hall–Kier alpha value is -1.70. The van der Waals surface area contributed by atoms with Crippen molar-refractivity contribution in [2.75, 3.05) is 0 Å². The molecule has 0 saturated heterocycles. The van der Waals surface area contributed by atoms with E-state index in [4.69, 9.17) is 0 Å². The minimum absolute atomic E-state index is 0.249. The van der Waals surface area contributed by atoms with Gasteiger partial charge in [-0.2, -0.15) is 0 Å². The fraction of sp³-hybridized carbons (Fsp3) is 0.444. The summed E-state index contributed by atoms with van der Waals surface area (Å²) in [6.07, 6.45) is 9.66. The lowest BCUT2D eigenvalue weighted by molar-refractivity contribution is 0.0980. The van der Waals surface area contributed by atoms with Crippen molar-refractivity contribution in [2.45, 2.75) is 51.9 Å². The highest BCUT2D eigenvalue weighted by Gasteiger charge is 2.09. The standard InChI is InChI=1S/C18H23NO/c1-2-3-4-5-6-7-12-18(20)16-13-14-19-17-11-9-8-10-15(16)17/h8-11,13-14H,2-7,12H2,1H3. The minimum Gasteiger partial charge on any atom is -0.294 e. The van der Waals surface area contributed by atoms with E-state index in [0.717, 1.165) is 29.3 Å². The fourth-order valence-corrected chi connectivity index (χ4v) is 2.54. The summed E-state index contributed by atoms with van der Waals surface area (Å²) in [4.78, 5) is 16.6. The maximum absolute atomic E-state index is 12.3. The summed E-state index contributed by atoms with van der Waals surface area (Å²) in [5.41, 5.74) is 1.73. The van der Waals surface area contributed by atoms with Crippen LogP contribution in [0.3, 0.4) is 0 Å². The molecule has 0 aliphatic carbocycles. The molecule has 0 aliphatic rings. The van der Waals surface area contributed by atoms with Gasteiger partial charge in [-0.1, -0.05) is 57.2 Å². The van der Waals surface area contributed by atoms with Crippen LogP contribution in [0, 0.1) is 0 Å². The predicted octanol–water partition coefficient (Wildman–Crippen LogP) is 5.17. The van der Waals surface area contributed by atoms with Crippen LogP contribution in [0.4, 0.5) is 0 Å². The van der Waals surface area contributed by atoms with Crippen molar-refractivity contribution < 1.29 is 4.79 Å². The Kier molecular flexibility index (Phi) is 5.72. The zero-order valence-electron chi connectivity index (χ0n) is 12.3. The molecule has 0 bridgehead atoms. The second-order valence-electron chi connectivity index (χ2n) is 5.32. The maximum Gasteiger partial charge on any atom is 0.163 e. The number of benzene rings is 1. The van der Waals surface area contributed by atoms with Gasteiger partial charge in [-0.25, -0.2) is 0 Å². The first-order chi connectivity index (χ1) is 9.83.